The Morgan fingerprint density at radius 1 is 1.32 bits per heavy atom. The lowest BCUT2D eigenvalue weighted by atomic mass is 10.2. The lowest BCUT2D eigenvalue weighted by molar-refractivity contribution is 0.417. The van der Waals surface area contributed by atoms with Crippen molar-refractivity contribution in [3.8, 4) is 0 Å². The van der Waals surface area contributed by atoms with Gasteiger partial charge < -0.3 is 10.3 Å². The summed E-state index contributed by atoms with van der Waals surface area (Å²) in [4.78, 5) is 3.34. The van der Waals surface area contributed by atoms with Gasteiger partial charge in [0.15, 0.2) is 0 Å². The van der Waals surface area contributed by atoms with Crippen LogP contribution in [0.1, 0.15) is 33.4 Å². The molecule has 1 heterocycles. The van der Waals surface area contributed by atoms with Crippen molar-refractivity contribution in [3.63, 3.8) is 0 Å². The van der Waals surface area contributed by atoms with E-state index in [1.54, 1.807) is 19.3 Å². The van der Waals surface area contributed by atoms with Crippen LogP contribution >= 0.6 is 0 Å². The second-order valence-electron chi connectivity index (χ2n) is 5.58. The van der Waals surface area contributed by atoms with Gasteiger partial charge in [0.2, 0.25) is 10.0 Å². The molecule has 0 amide bonds. The first kappa shape index (κ1) is 16.2. The summed E-state index contributed by atoms with van der Waals surface area (Å²) >= 11 is 0. The summed E-state index contributed by atoms with van der Waals surface area (Å²) in [6.45, 7) is 9.27. The van der Waals surface area contributed by atoms with Crippen molar-refractivity contribution in [1.29, 1.82) is 0 Å². The third-order valence-electron chi connectivity index (χ3n) is 2.75. The van der Waals surface area contributed by atoms with E-state index in [1.807, 2.05) is 13.8 Å². The van der Waals surface area contributed by atoms with Crippen LogP contribution in [0.5, 0.6) is 0 Å². The van der Waals surface area contributed by atoms with Crippen molar-refractivity contribution in [3.05, 3.63) is 18.0 Å². The Morgan fingerprint density at radius 3 is 2.47 bits per heavy atom. The van der Waals surface area contributed by atoms with E-state index in [-0.39, 0.29) is 0 Å². The van der Waals surface area contributed by atoms with E-state index < -0.39 is 10.0 Å². The summed E-state index contributed by atoms with van der Waals surface area (Å²) in [5.74, 6) is 0.306. The molecule has 5 nitrogen and oxygen atoms in total. The molecule has 19 heavy (non-hydrogen) atoms. The fraction of sp³-hybridized carbons (Fsp3) is 0.692. The zero-order valence-corrected chi connectivity index (χ0v) is 13.2. The Morgan fingerprint density at radius 2 is 1.95 bits per heavy atom. The number of hydrogen-bond acceptors (Lipinski definition) is 3. The van der Waals surface area contributed by atoms with Gasteiger partial charge in [-0.25, -0.2) is 12.7 Å². The van der Waals surface area contributed by atoms with Crippen LogP contribution in [0.4, 0.5) is 0 Å². The molecular weight excluding hydrogens is 262 g/mol. The average molecular weight is 287 g/mol. The Hall–Kier alpha value is -0.850. The summed E-state index contributed by atoms with van der Waals surface area (Å²) in [6, 6.07) is 2.06. The number of sulfonamides is 1. The summed E-state index contributed by atoms with van der Waals surface area (Å²) in [5.41, 5.74) is 0.880. The van der Waals surface area contributed by atoms with Gasteiger partial charge in [-0.2, -0.15) is 0 Å². The maximum atomic E-state index is 12.3. The smallest absolute Gasteiger partial charge is 0.244 e. The van der Waals surface area contributed by atoms with Crippen LogP contribution in [-0.2, 0) is 16.6 Å². The highest BCUT2D eigenvalue weighted by Gasteiger charge is 2.22. The molecule has 0 aromatic carbocycles. The predicted octanol–water partition coefficient (Wildman–Crippen LogP) is 1.79. The Balaban J connectivity index is 2.79. The third kappa shape index (κ3) is 4.63. The van der Waals surface area contributed by atoms with Crippen molar-refractivity contribution >= 4 is 10.0 Å². The van der Waals surface area contributed by atoms with Gasteiger partial charge in [-0.3, -0.25) is 0 Å². The normalized spacial score (nSPS) is 12.8. The van der Waals surface area contributed by atoms with Gasteiger partial charge in [-0.05, 0) is 12.0 Å². The summed E-state index contributed by atoms with van der Waals surface area (Å²) in [6.07, 6.45) is 1.56. The van der Waals surface area contributed by atoms with Crippen LogP contribution in [-0.4, -0.2) is 37.3 Å². The first-order valence-electron chi connectivity index (χ1n) is 6.60. The molecule has 2 N–H and O–H groups in total. The maximum absolute atomic E-state index is 12.3. The number of rotatable bonds is 7. The first-order valence-corrected chi connectivity index (χ1v) is 8.04. The van der Waals surface area contributed by atoms with E-state index in [2.05, 4.69) is 24.1 Å². The lowest BCUT2D eigenvalue weighted by Crippen LogP contribution is -2.30. The Bertz CT molecular complexity index is 492. The lowest BCUT2D eigenvalue weighted by Gasteiger charge is -2.18. The van der Waals surface area contributed by atoms with E-state index >= 15 is 0 Å². The molecule has 0 radical (unpaired) electrons. The van der Waals surface area contributed by atoms with Crippen LogP contribution in [0, 0.1) is 5.92 Å². The fourth-order valence-electron chi connectivity index (χ4n) is 1.78. The molecule has 110 valence electrons. The second-order valence-corrected chi connectivity index (χ2v) is 7.62. The van der Waals surface area contributed by atoms with Gasteiger partial charge in [0.25, 0.3) is 0 Å². The zero-order chi connectivity index (χ0) is 14.6. The van der Waals surface area contributed by atoms with Gasteiger partial charge >= 0.3 is 0 Å². The van der Waals surface area contributed by atoms with Crippen molar-refractivity contribution in [1.82, 2.24) is 14.6 Å². The summed E-state index contributed by atoms with van der Waals surface area (Å²) in [5, 5.41) is 3.25. The molecule has 0 aliphatic carbocycles. The third-order valence-corrected chi connectivity index (χ3v) is 4.55. The maximum Gasteiger partial charge on any atom is 0.244 e. The molecule has 0 aliphatic heterocycles. The highest BCUT2D eigenvalue weighted by Crippen LogP contribution is 2.16. The number of aromatic nitrogens is 1. The molecule has 0 fully saturated rings. The minimum atomic E-state index is -3.38. The molecular formula is C13H25N3O2S. The first-order chi connectivity index (χ1) is 8.73. The molecule has 0 spiro atoms. The molecule has 6 heteroatoms. The van der Waals surface area contributed by atoms with Crippen molar-refractivity contribution in [2.45, 2.75) is 45.2 Å². The SMILES string of the molecule is CC(C)CN(C)S(=O)(=O)c1c[nH]c(CNC(C)C)c1. The minimum Gasteiger partial charge on any atom is -0.363 e. The van der Waals surface area contributed by atoms with Crippen LogP contribution in [0.25, 0.3) is 0 Å². The van der Waals surface area contributed by atoms with Crippen molar-refractivity contribution in [2.75, 3.05) is 13.6 Å². The van der Waals surface area contributed by atoms with Crippen LogP contribution < -0.4 is 5.32 Å². The number of nitrogens with zero attached hydrogens (tertiary/aromatic N) is 1. The Labute approximate surface area is 116 Å². The standard InChI is InChI=1S/C13H25N3O2S/c1-10(2)9-16(5)19(17,18)13-6-12(15-8-13)7-14-11(3)4/h6,8,10-11,14-15H,7,9H2,1-5H3. The van der Waals surface area contributed by atoms with Crippen LogP contribution in [0.15, 0.2) is 17.2 Å². The van der Waals surface area contributed by atoms with Gasteiger partial charge in [-0.1, -0.05) is 27.7 Å². The van der Waals surface area contributed by atoms with Gasteiger partial charge in [0, 0.05) is 38.1 Å². The van der Waals surface area contributed by atoms with Crippen LogP contribution in [0.3, 0.4) is 0 Å². The molecule has 1 rings (SSSR count). The molecule has 0 saturated carbocycles. The van der Waals surface area contributed by atoms with Gasteiger partial charge in [0.05, 0.1) is 4.90 Å². The van der Waals surface area contributed by atoms with Crippen molar-refractivity contribution in [2.24, 2.45) is 5.92 Å². The predicted molar refractivity (Wildman–Crippen MR) is 77.4 cm³/mol. The molecule has 0 aliphatic rings. The minimum absolute atomic E-state index is 0.306. The zero-order valence-electron chi connectivity index (χ0n) is 12.4. The monoisotopic (exact) mass is 287 g/mol. The van der Waals surface area contributed by atoms with Crippen LogP contribution in [0.2, 0.25) is 0 Å². The molecule has 1 aromatic rings. The topological polar surface area (TPSA) is 65.2 Å². The highest BCUT2D eigenvalue weighted by atomic mass is 32.2. The summed E-state index contributed by atoms with van der Waals surface area (Å²) < 4.78 is 26.0. The van der Waals surface area contributed by atoms with Gasteiger partial charge in [-0.15, -0.1) is 0 Å². The summed E-state index contributed by atoms with van der Waals surface area (Å²) in [7, 11) is -1.76. The number of H-pyrrole nitrogens is 1. The van der Waals surface area contributed by atoms with E-state index in [4.69, 9.17) is 0 Å². The molecule has 0 saturated heterocycles. The van der Waals surface area contributed by atoms with E-state index in [0.29, 0.717) is 29.9 Å². The number of hydrogen-bond donors (Lipinski definition) is 2. The average Bonchev–Trinajstić information content (AvgIpc) is 2.74. The molecule has 1 aromatic heterocycles. The number of aromatic amines is 1. The molecule has 0 atom stereocenters. The molecule has 0 bridgehead atoms. The van der Waals surface area contributed by atoms with E-state index in [0.717, 1.165) is 5.69 Å². The highest BCUT2D eigenvalue weighted by molar-refractivity contribution is 7.89. The number of nitrogens with one attached hydrogen (secondary N) is 2. The fourth-order valence-corrected chi connectivity index (χ4v) is 3.13. The largest absolute Gasteiger partial charge is 0.363 e. The van der Waals surface area contributed by atoms with Gasteiger partial charge in [0.1, 0.15) is 0 Å². The van der Waals surface area contributed by atoms with Crippen molar-refractivity contribution < 1.29 is 8.42 Å². The molecule has 0 unspecified atom stereocenters. The Kier molecular flexibility index (Phi) is 5.58. The second kappa shape index (κ2) is 6.54. The quantitative estimate of drug-likeness (QED) is 0.803. The van der Waals surface area contributed by atoms with E-state index in [1.165, 1.54) is 4.31 Å². The van der Waals surface area contributed by atoms with E-state index in [9.17, 15) is 8.42 Å².